The molecule has 0 unspecified atom stereocenters. The first-order valence-electron chi connectivity index (χ1n) is 5.59. The Morgan fingerprint density at radius 3 is 2.33 bits per heavy atom. The molecule has 4 heteroatoms. The standard InChI is InChI=1S/C14H17BrO3/c1-5-12(10-6-8-11(15)9-7-10)17-13(16)18-14(2,3)4/h5-9,12H,1H2,2-4H3/t12-/m0/s1. The Bertz CT molecular complexity index is 418. The molecule has 98 valence electrons. The topological polar surface area (TPSA) is 35.5 Å². The van der Waals surface area contributed by atoms with Crippen molar-refractivity contribution < 1.29 is 14.3 Å². The van der Waals surface area contributed by atoms with Gasteiger partial charge in [-0.25, -0.2) is 4.79 Å². The number of rotatable bonds is 3. The van der Waals surface area contributed by atoms with Gasteiger partial charge in [-0.05, 0) is 44.5 Å². The van der Waals surface area contributed by atoms with Crippen molar-refractivity contribution >= 4 is 22.1 Å². The summed E-state index contributed by atoms with van der Waals surface area (Å²) in [7, 11) is 0. The van der Waals surface area contributed by atoms with Gasteiger partial charge < -0.3 is 9.47 Å². The molecule has 1 rings (SSSR count). The maximum Gasteiger partial charge on any atom is 0.509 e. The molecule has 1 atom stereocenters. The van der Waals surface area contributed by atoms with Gasteiger partial charge in [0.15, 0.2) is 0 Å². The Kier molecular flexibility index (Phi) is 4.96. The van der Waals surface area contributed by atoms with Crippen molar-refractivity contribution in [3.63, 3.8) is 0 Å². The molecule has 0 aromatic heterocycles. The van der Waals surface area contributed by atoms with Crippen LogP contribution in [0.2, 0.25) is 0 Å². The minimum atomic E-state index is -0.699. The summed E-state index contributed by atoms with van der Waals surface area (Å²) < 4.78 is 11.3. The molecular formula is C14H17BrO3. The molecule has 1 aromatic carbocycles. The number of benzene rings is 1. The Morgan fingerprint density at radius 1 is 1.33 bits per heavy atom. The third kappa shape index (κ3) is 4.92. The van der Waals surface area contributed by atoms with Gasteiger partial charge in [-0.1, -0.05) is 34.6 Å². The van der Waals surface area contributed by atoms with Gasteiger partial charge in [0.25, 0.3) is 0 Å². The zero-order chi connectivity index (χ0) is 13.8. The highest BCUT2D eigenvalue weighted by Gasteiger charge is 2.20. The van der Waals surface area contributed by atoms with E-state index in [0.29, 0.717) is 0 Å². The molecule has 0 fully saturated rings. The van der Waals surface area contributed by atoms with Gasteiger partial charge >= 0.3 is 6.16 Å². The van der Waals surface area contributed by atoms with Gasteiger partial charge in [-0.3, -0.25) is 0 Å². The molecule has 0 saturated heterocycles. The van der Waals surface area contributed by atoms with Crippen LogP contribution in [0.15, 0.2) is 41.4 Å². The van der Waals surface area contributed by atoms with Crippen molar-refractivity contribution in [3.05, 3.63) is 47.0 Å². The summed E-state index contributed by atoms with van der Waals surface area (Å²) in [6.45, 7) is 9.03. The van der Waals surface area contributed by atoms with Crippen molar-refractivity contribution in [2.75, 3.05) is 0 Å². The number of carbonyl (C=O) groups excluding carboxylic acids is 1. The Hall–Kier alpha value is -1.29. The van der Waals surface area contributed by atoms with E-state index in [1.807, 2.05) is 24.3 Å². The molecule has 0 aliphatic carbocycles. The summed E-state index contributed by atoms with van der Waals surface area (Å²) >= 11 is 3.35. The van der Waals surface area contributed by atoms with Gasteiger partial charge in [0, 0.05) is 4.47 Å². The van der Waals surface area contributed by atoms with Gasteiger partial charge in [0.2, 0.25) is 0 Å². The second-order valence-electron chi connectivity index (χ2n) is 4.79. The van der Waals surface area contributed by atoms with Crippen LogP contribution in [0, 0.1) is 0 Å². The van der Waals surface area contributed by atoms with Crippen LogP contribution >= 0.6 is 15.9 Å². The van der Waals surface area contributed by atoms with E-state index in [-0.39, 0.29) is 0 Å². The summed E-state index contributed by atoms with van der Waals surface area (Å²) in [5, 5.41) is 0. The fourth-order valence-corrected chi connectivity index (χ4v) is 1.55. The fraction of sp³-hybridized carbons (Fsp3) is 0.357. The highest BCUT2D eigenvalue weighted by atomic mass is 79.9. The van der Waals surface area contributed by atoms with Crippen LogP contribution in [0.5, 0.6) is 0 Å². The first-order chi connectivity index (χ1) is 8.31. The molecule has 3 nitrogen and oxygen atoms in total. The third-order valence-electron chi connectivity index (χ3n) is 2.03. The molecular weight excluding hydrogens is 296 g/mol. The maximum absolute atomic E-state index is 11.6. The fourth-order valence-electron chi connectivity index (χ4n) is 1.28. The minimum absolute atomic E-state index is 0.507. The van der Waals surface area contributed by atoms with E-state index in [9.17, 15) is 4.79 Å². The van der Waals surface area contributed by atoms with E-state index in [4.69, 9.17) is 9.47 Å². The van der Waals surface area contributed by atoms with Gasteiger partial charge in [0.1, 0.15) is 11.7 Å². The Morgan fingerprint density at radius 2 is 1.89 bits per heavy atom. The van der Waals surface area contributed by atoms with Crippen LogP contribution < -0.4 is 0 Å². The van der Waals surface area contributed by atoms with Crippen molar-refractivity contribution in [2.45, 2.75) is 32.5 Å². The van der Waals surface area contributed by atoms with Crippen LogP contribution in [-0.2, 0) is 9.47 Å². The molecule has 0 bridgehead atoms. The summed E-state index contributed by atoms with van der Waals surface area (Å²) in [4.78, 5) is 11.6. The van der Waals surface area contributed by atoms with E-state index in [0.717, 1.165) is 10.0 Å². The van der Waals surface area contributed by atoms with Crippen molar-refractivity contribution in [1.29, 1.82) is 0 Å². The predicted octanol–water partition coefficient (Wildman–Crippen LogP) is 4.63. The quantitative estimate of drug-likeness (QED) is 0.603. The van der Waals surface area contributed by atoms with E-state index >= 15 is 0 Å². The van der Waals surface area contributed by atoms with Gasteiger partial charge in [-0.15, -0.1) is 0 Å². The lowest BCUT2D eigenvalue weighted by molar-refractivity contribution is -0.0188. The molecule has 1 aromatic rings. The zero-order valence-corrected chi connectivity index (χ0v) is 12.4. The zero-order valence-electron chi connectivity index (χ0n) is 10.8. The van der Waals surface area contributed by atoms with Gasteiger partial charge in [-0.2, -0.15) is 0 Å². The smallest absolute Gasteiger partial charge is 0.429 e. The molecule has 0 spiro atoms. The number of carbonyl (C=O) groups is 1. The Balaban J connectivity index is 2.71. The monoisotopic (exact) mass is 312 g/mol. The molecule has 0 saturated carbocycles. The van der Waals surface area contributed by atoms with Crippen LogP contribution in [-0.4, -0.2) is 11.8 Å². The lowest BCUT2D eigenvalue weighted by Gasteiger charge is -2.21. The van der Waals surface area contributed by atoms with Crippen molar-refractivity contribution in [1.82, 2.24) is 0 Å². The number of ether oxygens (including phenoxy) is 2. The van der Waals surface area contributed by atoms with Crippen molar-refractivity contribution in [2.24, 2.45) is 0 Å². The highest BCUT2D eigenvalue weighted by Crippen LogP contribution is 2.22. The van der Waals surface area contributed by atoms with E-state index < -0.39 is 17.9 Å². The molecule has 0 N–H and O–H groups in total. The van der Waals surface area contributed by atoms with Crippen LogP contribution in [0.4, 0.5) is 4.79 Å². The van der Waals surface area contributed by atoms with Gasteiger partial charge in [0.05, 0.1) is 0 Å². The molecule has 0 aliphatic rings. The van der Waals surface area contributed by atoms with Crippen molar-refractivity contribution in [3.8, 4) is 0 Å². The SMILES string of the molecule is C=C[C@H](OC(=O)OC(C)(C)C)c1ccc(Br)cc1. The highest BCUT2D eigenvalue weighted by molar-refractivity contribution is 9.10. The van der Waals surface area contributed by atoms with Crippen LogP contribution in [0.3, 0.4) is 0 Å². The van der Waals surface area contributed by atoms with E-state index in [2.05, 4.69) is 22.5 Å². The first kappa shape index (κ1) is 14.8. The number of hydrogen-bond donors (Lipinski definition) is 0. The number of hydrogen-bond acceptors (Lipinski definition) is 3. The second kappa shape index (κ2) is 6.05. The maximum atomic E-state index is 11.6. The minimum Gasteiger partial charge on any atom is -0.429 e. The van der Waals surface area contributed by atoms with E-state index in [1.54, 1.807) is 26.8 Å². The largest absolute Gasteiger partial charge is 0.509 e. The first-order valence-corrected chi connectivity index (χ1v) is 6.39. The lowest BCUT2D eigenvalue weighted by Crippen LogP contribution is -2.25. The summed E-state index contributed by atoms with van der Waals surface area (Å²) in [6, 6.07) is 7.48. The van der Waals surface area contributed by atoms with Crippen LogP contribution in [0.1, 0.15) is 32.4 Å². The average Bonchev–Trinajstić information content (AvgIpc) is 2.25. The summed E-state index contributed by atoms with van der Waals surface area (Å²) in [5.41, 5.74) is 0.279. The lowest BCUT2D eigenvalue weighted by atomic mass is 10.1. The van der Waals surface area contributed by atoms with Crippen LogP contribution in [0.25, 0.3) is 0 Å². The molecule has 0 heterocycles. The summed E-state index contributed by atoms with van der Waals surface area (Å²) in [5.74, 6) is 0. The third-order valence-corrected chi connectivity index (χ3v) is 2.55. The number of halogens is 1. The molecule has 0 radical (unpaired) electrons. The molecule has 0 aliphatic heterocycles. The summed E-state index contributed by atoms with van der Waals surface area (Å²) in [6.07, 6.45) is 0.357. The average molecular weight is 313 g/mol. The van der Waals surface area contributed by atoms with E-state index in [1.165, 1.54) is 0 Å². The second-order valence-corrected chi connectivity index (χ2v) is 5.71. The molecule has 18 heavy (non-hydrogen) atoms. The Labute approximate surface area is 116 Å². The molecule has 0 amide bonds. The predicted molar refractivity (Wildman–Crippen MR) is 74.4 cm³/mol. The normalized spacial score (nSPS) is 12.7.